The zero-order chi connectivity index (χ0) is 23.9. The number of carbonyl (C=O) groups excluding carboxylic acids is 1. The van der Waals surface area contributed by atoms with E-state index in [0.717, 1.165) is 51.0 Å². The Labute approximate surface area is 197 Å². The summed E-state index contributed by atoms with van der Waals surface area (Å²) >= 11 is 0. The summed E-state index contributed by atoms with van der Waals surface area (Å²) in [6.45, 7) is 7.65. The van der Waals surface area contributed by atoms with Gasteiger partial charge in [0.1, 0.15) is 5.65 Å². The molecular weight excluding hydrogens is 428 g/mol. The quantitative estimate of drug-likeness (QED) is 0.313. The molecule has 2 amide bonds. The summed E-state index contributed by atoms with van der Waals surface area (Å²) in [6.07, 6.45) is 6.49. The molecule has 5 rings (SSSR count). The van der Waals surface area contributed by atoms with Gasteiger partial charge in [0.05, 0.1) is 17.4 Å². The van der Waals surface area contributed by atoms with Crippen molar-refractivity contribution in [3.63, 3.8) is 0 Å². The van der Waals surface area contributed by atoms with Crippen LogP contribution in [-0.2, 0) is 6.54 Å². The number of pyridine rings is 1. The highest BCUT2D eigenvalue weighted by Gasteiger charge is 2.22. The molecule has 6 N–H and O–H groups in total. The summed E-state index contributed by atoms with van der Waals surface area (Å²) in [5, 5.41) is 15.7. The number of nitrogens with one attached hydrogen (secondary N) is 4. The third kappa shape index (κ3) is 4.34. The number of aromatic amines is 2. The SMILES string of the molecule is CC(C)(C)NC(=O)N1CC=C(c2cc3c(Nc4cc(CN)c5[nH]ncc5c4)ccnc3[nH]2)CC1. The lowest BCUT2D eigenvalue weighted by molar-refractivity contribution is 0.193. The highest BCUT2D eigenvalue weighted by atomic mass is 16.2. The average Bonchev–Trinajstić information content (AvgIpc) is 3.45. The van der Waals surface area contributed by atoms with E-state index >= 15 is 0 Å². The van der Waals surface area contributed by atoms with E-state index in [9.17, 15) is 4.79 Å². The predicted octanol–water partition coefficient (Wildman–Crippen LogP) is 4.24. The van der Waals surface area contributed by atoms with Crippen LogP contribution in [-0.4, -0.2) is 49.7 Å². The van der Waals surface area contributed by atoms with E-state index in [0.29, 0.717) is 19.6 Å². The van der Waals surface area contributed by atoms with Crippen molar-refractivity contribution in [2.45, 2.75) is 39.3 Å². The molecule has 1 aliphatic heterocycles. The van der Waals surface area contributed by atoms with E-state index in [-0.39, 0.29) is 11.6 Å². The molecule has 9 heteroatoms. The van der Waals surface area contributed by atoms with Gasteiger partial charge in [0.2, 0.25) is 0 Å². The summed E-state index contributed by atoms with van der Waals surface area (Å²) in [7, 11) is 0. The Balaban J connectivity index is 1.39. The number of urea groups is 1. The van der Waals surface area contributed by atoms with E-state index in [1.807, 2.05) is 37.8 Å². The fourth-order valence-electron chi connectivity index (χ4n) is 4.33. The smallest absolute Gasteiger partial charge is 0.318 e. The summed E-state index contributed by atoms with van der Waals surface area (Å²) in [6, 6.07) is 8.16. The van der Waals surface area contributed by atoms with Crippen LogP contribution in [0.4, 0.5) is 16.2 Å². The Morgan fingerprint density at radius 3 is 2.85 bits per heavy atom. The highest BCUT2D eigenvalue weighted by molar-refractivity contribution is 5.95. The van der Waals surface area contributed by atoms with Crippen molar-refractivity contribution < 1.29 is 4.79 Å². The third-order valence-electron chi connectivity index (χ3n) is 5.99. The maximum absolute atomic E-state index is 12.5. The minimum Gasteiger partial charge on any atom is -0.355 e. The van der Waals surface area contributed by atoms with Gasteiger partial charge in [-0.2, -0.15) is 5.10 Å². The molecule has 0 aliphatic carbocycles. The van der Waals surface area contributed by atoms with Gasteiger partial charge in [0, 0.05) is 53.5 Å². The van der Waals surface area contributed by atoms with Gasteiger partial charge < -0.3 is 26.3 Å². The fourth-order valence-corrected chi connectivity index (χ4v) is 4.33. The Bertz CT molecular complexity index is 1390. The van der Waals surface area contributed by atoms with Crippen molar-refractivity contribution in [2.24, 2.45) is 5.73 Å². The van der Waals surface area contributed by atoms with Crippen LogP contribution < -0.4 is 16.4 Å². The molecule has 0 unspecified atom stereocenters. The fraction of sp³-hybridized carbons (Fsp3) is 0.320. The van der Waals surface area contributed by atoms with Crippen LogP contribution in [0.3, 0.4) is 0 Å². The maximum Gasteiger partial charge on any atom is 0.318 e. The third-order valence-corrected chi connectivity index (χ3v) is 5.99. The van der Waals surface area contributed by atoms with E-state index in [1.165, 1.54) is 5.57 Å². The first-order valence-electron chi connectivity index (χ1n) is 11.5. The second-order valence-corrected chi connectivity index (χ2v) is 9.71. The molecule has 4 heterocycles. The maximum atomic E-state index is 12.5. The van der Waals surface area contributed by atoms with Gasteiger partial charge >= 0.3 is 6.03 Å². The van der Waals surface area contributed by atoms with E-state index in [1.54, 1.807) is 12.4 Å². The van der Waals surface area contributed by atoms with E-state index in [4.69, 9.17) is 5.73 Å². The molecular formula is C25H30N8O. The molecule has 4 aromatic rings. The number of benzene rings is 1. The molecule has 0 bridgehead atoms. The second kappa shape index (κ2) is 8.49. The van der Waals surface area contributed by atoms with Crippen LogP contribution in [0.2, 0.25) is 0 Å². The first-order chi connectivity index (χ1) is 16.3. The molecule has 0 fully saturated rings. The molecule has 0 radical (unpaired) electrons. The topological polar surface area (TPSA) is 128 Å². The number of aromatic nitrogens is 4. The molecule has 0 saturated carbocycles. The number of anilines is 2. The van der Waals surface area contributed by atoms with Gasteiger partial charge in [0.15, 0.2) is 0 Å². The van der Waals surface area contributed by atoms with Crippen LogP contribution in [0, 0.1) is 0 Å². The summed E-state index contributed by atoms with van der Waals surface area (Å²) < 4.78 is 0. The van der Waals surface area contributed by atoms with Crippen LogP contribution in [0.25, 0.3) is 27.5 Å². The van der Waals surface area contributed by atoms with Crippen LogP contribution in [0.15, 0.2) is 42.7 Å². The molecule has 1 aliphatic rings. The largest absolute Gasteiger partial charge is 0.355 e. The number of carbonyl (C=O) groups is 1. The molecule has 1 aromatic carbocycles. The second-order valence-electron chi connectivity index (χ2n) is 9.71. The Kier molecular flexibility index (Phi) is 5.49. The molecule has 0 saturated heterocycles. The minimum absolute atomic E-state index is 0.0287. The number of H-pyrrole nitrogens is 2. The van der Waals surface area contributed by atoms with Crippen molar-refractivity contribution in [3.05, 3.63) is 54.0 Å². The number of nitrogens with two attached hydrogens (primary N) is 1. The van der Waals surface area contributed by atoms with Crippen LogP contribution in [0.1, 0.15) is 38.4 Å². The summed E-state index contributed by atoms with van der Waals surface area (Å²) in [5.41, 5.74) is 12.6. The minimum atomic E-state index is -0.250. The number of amides is 2. The average molecular weight is 459 g/mol. The van der Waals surface area contributed by atoms with Gasteiger partial charge in [-0.05, 0) is 62.6 Å². The first-order valence-corrected chi connectivity index (χ1v) is 11.5. The molecule has 3 aromatic heterocycles. The van der Waals surface area contributed by atoms with Crippen molar-refractivity contribution in [1.29, 1.82) is 0 Å². The first kappa shape index (κ1) is 22.0. The van der Waals surface area contributed by atoms with Crippen LogP contribution in [0.5, 0.6) is 0 Å². The number of rotatable bonds is 4. The molecule has 176 valence electrons. The lowest BCUT2D eigenvalue weighted by atomic mass is 10.0. The zero-order valence-electron chi connectivity index (χ0n) is 19.7. The van der Waals surface area contributed by atoms with E-state index < -0.39 is 0 Å². The van der Waals surface area contributed by atoms with Gasteiger partial charge in [-0.3, -0.25) is 5.10 Å². The highest BCUT2D eigenvalue weighted by Crippen LogP contribution is 2.31. The Morgan fingerprint density at radius 2 is 2.12 bits per heavy atom. The van der Waals surface area contributed by atoms with Gasteiger partial charge in [0.25, 0.3) is 0 Å². The van der Waals surface area contributed by atoms with Crippen molar-refractivity contribution >= 4 is 44.9 Å². The predicted molar refractivity (Wildman–Crippen MR) is 136 cm³/mol. The summed E-state index contributed by atoms with van der Waals surface area (Å²) in [5.74, 6) is 0. The standard InChI is InChI=1S/C25H30N8O/c1-25(2,3)31-24(34)33-8-5-15(6-9-33)21-12-19-20(4-7-27-23(19)30-21)29-18-10-16(13-26)22-17(11-18)14-28-32-22/h4-5,7,10-12,14H,6,8-9,13,26H2,1-3H3,(H,28,32)(H,31,34)(H2,27,29,30). The molecule has 9 nitrogen and oxygen atoms in total. The normalized spacial score (nSPS) is 14.5. The number of hydrogen-bond donors (Lipinski definition) is 5. The van der Waals surface area contributed by atoms with Gasteiger partial charge in [-0.1, -0.05) is 6.08 Å². The number of fused-ring (bicyclic) bond motifs is 2. The van der Waals surface area contributed by atoms with Crippen molar-refractivity contribution in [2.75, 3.05) is 18.4 Å². The Hall–Kier alpha value is -3.85. The van der Waals surface area contributed by atoms with Crippen LogP contribution >= 0.6 is 0 Å². The van der Waals surface area contributed by atoms with Gasteiger partial charge in [-0.15, -0.1) is 0 Å². The van der Waals surface area contributed by atoms with Crippen molar-refractivity contribution in [3.8, 4) is 0 Å². The van der Waals surface area contributed by atoms with Gasteiger partial charge in [-0.25, -0.2) is 9.78 Å². The lowest BCUT2D eigenvalue weighted by Gasteiger charge is -2.30. The lowest BCUT2D eigenvalue weighted by Crippen LogP contribution is -2.49. The molecule has 0 atom stereocenters. The number of nitrogens with zero attached hydrogens (tertiary/aromatic N) is 3. The summed E-state index contributed by atoms with van der Waals surface area (Å²) in [4.78, 5) is 22.3. The molecule has 0 spiro atoms. The number of hydrogen-bond acceptors (Lipinski definition) is 5. The Morgan fingerprint density at radius 1 is 1.26 bits per heavy atom. The monoisotopic (exact) mass is 458 g/mol. The zero-order valence-corrected chi connectivity index (χ0v) is 19.7. The van der Waals surface area contributed by atoms with Crippen molar-refractivity contribution in [1.82, 2.24) is 30.4 Å². The van der Waals surface area contributed by atoms with E-state index in [2.05, 4.69) is 49.0 Å². The molecule has 34 heavy (non-hydrogen) atoms.